The molecule has 2 rings (SSSR count). The van der Waals surface area contributed by atoms with Crippen LogP contribution in [0.5, 0.6) is 0 Å². The van der Waals surface area contributed by atoms with Crippen LogP contribution in [-0.4, -0.2) is 66.9 Å². The Bertz CT molecular complexity index is 335. The molecular weight excluding hydrogens is 256 g/mol. The van der Waals surface area contributed by atoms with Gasteiger partial charge >= 0.3 is 6.09 Å². The Kier molecular flexibility index (Phi) is 4.91. The van der Waals surface area contributed by atoms with Crippen LogP contribution in [0.25, 0.3) is 0 Å². The van der Waals surface area contributed by atoms with Crippen molar-refractivity contribution in [3.05, 3.63) is 0 Å². The van der Waals surface area contributed by atoms with Gasteiger partial charge in [-0.3, -0.25) is 4.90 Å². The number of methoxy groups -OCH3 is 1. The molecule has 20 heavy (non-hydrogen) atoms. The Morgan fingerprint density at radius 3 is 2.30 bits per heavy atom. The molecule has 0 bridgehead atoms. The van der Waals surface area contributed by atoms with E-state index in [1.807, 2.05) is 20.8 Å². The van der Waals surface area contributed by atoms with Crippen LogP contribution in [-0.2, 0) is 9.47 Å². The fourth-order valence-electron chi connectivity index (χ4n) is 3.06. The Balaban J connectivity index is 1.96. The van der Waals surface area contributed by atoms with Gasteiger partial charge in [0.1, 0.15) is 5.60 Å². The zero-order valence-electron chi connectivity index (χ0n) is 13.2. The standard InChI is InChI=1S/C15H28N2O3/c1-15(2,3)20-14(18)17-10-12(13(11-17)19-4)16-8-6-5-7-9-16/h12-13H,5-11H2,1-4H3. The number of ether oxygens (including phenoxy) is 2. The molecule has 116 valence electrons. The van der Waals surface area contributed by atoms with Crippen molar-refractivity contribution in [1.82, 2.24) is 9.80 Å². The summed E-state index contributed by atoms with van der Waals surface area (Å²) in [7, 11) is 1.74. The molecule has 2 atom stereocenters. The number of likely N-dealkylation sites (tertiary alicyclic amines) is 2. The minimum atomic E-state index is -0.442. The van der Waals surface area contributed by atoms with Crippen molar-refractivity contribution in [2.24, 2.45) is 0 Å². The summed E-state index contributed by atoms with van der Waals surface area (Å²) < 4.78 is 11.1. The lowest BCUT2D eigenvalue weighted by atomic mass is 10.1. The maximum absolute atomic E-state index is 12.2. The highest BCUT2D eigenvalue weighted by Gasteiger charge is 2.40. The van der Waals surface area contributed by atoms with Crippen molar-refractivity contribution in [2.75, 3.05) is 33.3 Å². The number of piperidine rings is 1. The van der Waals surface area contributed by atoms with Crippen molar-refractivity contribution in [3.8, 4) is 0 Å². The van der Waals surface area contributed by atoms with Gasteiger partial charge in [0.15, 0.2) is 0 Å². The second-order valence-electron chi connectivity index (χ2n) is 6.82. The topological polar surface area (TPSA) is 42.0 Å². The van der Waals surface area contributed by atoms with Crippen LogP contribution in [0.2, 0.25) is 0 Å². The largest absolute Gasteiger partial charge is 0.444 e. The zero-order valence-corrected chi connectivity index (χ0v) is 13.2. The summed E-state index contributed by atoms with van der Waals surface area (Å²) in [6.45, 7) is 9.28. The Morgan fingerprint density at radius 1 is 1.10 bits per heavy atom. The molecule has 5 nitrogen and oxygen atoms in total. The number of hydrogen-bond acceptors (Lipinski definition) is 4. The lowest BCUT2D eigenvalue weighted by Crippen LogP contribution is -2.46. The molecule has 0 aromatic carbocycles. The first-order chi connectivity index (χ1) is 9.40. The van der Waals surface area contributed by atoms with Gasteiger partial charge in [0.2, 0.25) is 0 Å². The molecule has 2 unspecified atom stereocenters. The maximum atomic E-state index is 12.2. The third-order valence-corrected chi connectivity index (χ3v) is 4.05. The molecule has 1 amide bonds. The summed E-state index contributed by atoms with van der Waals surface area (Å²) in [5, 5.41) is 0. The van der Waals surface area contributed by atoms with E-state index in [0.29, 0.717) is 19.1 Å². The van der Waals surface area contributed by atoms with Crippen LogP contribution in [0, 0.1) is 0 Å². The van der Waals surface area contributed by atoms with Crippen molar-refractivity contribution >= 4 is 6.09 Å². The van der Waals surface area contributed by atoms with E-state index >= 15 is 0 Å². The minimum absolute atomic E-state index is 0.0978. The fourth-order valence-corrected chi connectivity index (χ4v) is 3.06. The smallest absolute Gasteiger partial charge is 0.410 e. The van der Waals surface area contributed by atoms with Crippen molar-refractivity contribution < 1.29 is 14.3 Å². The molecular formula is C15H28N2O3. The summed E-state index contributed by atoms with van der Waals surface area (Å²) in [6.07, 6.45) is 3.69. The van der Waals surface area contributed by atoms with Gasteiger partial charge in [-0.15, -0.1) is 0 Å². The second-order valence-corrected chi connectivity index (χ2v) is 6.82. The van der Waals surface area contributed by atoms with Crippen LogP contribution < -0.4 is 0 Å². The monoisotopic (exact) mass is 284 g/mol. The van der Waals surface area contributed by atoms with Gasteiger partial charge in [0.05, 0.1) is 18.7 Å². The first-order valence-corrected chi connectivity index (χ1v) is 7.65. The summed E-state index contributed by atoms with van der Waals surface area (Å²) in [4.78, 5) is 16.4. The van der Waals surface area contributed by atoms with Gasteiger partial charge in [0.25, 0.3) is 0 Å². The molecule has 2 heterocycles. The Labute approximate surface area is 122 Å². The van der Waals surface area contributed by atoms with E-state index in [9.17, 15) is 4.79 Å². The highest BCUT2D eigenvalue weighted by Crippen LogP contribution is 2.24. The van der Waals surface area contributed by atoms with E-state index in [1.54, 1.807) is 12.0 Å². The molecule has 0 aromatic heterocycles. The van der Waals surface area contributed by atoms with Crippen LogP contribution in [0.4, 0.5) is 4.79 Å². The number of carbonyl (C=O) groups is 1. The zero-order chi connectivity index (χ0) is 14.8. The normalized spacial score (nSPS) is 28.7. The van der Waals surface area contributed by atoms with Crippen LogP contribution in [0.3, 0.4) is 0 Å². The number of amides is 1. The summed E-state index contributed by atoms with van der Waals surface area (Å²) in [6, 6.07) is 0.313. The van der Waals surface area contributed by atoms with Crippen molar-refractivity contribution in [3.63, 3.8) is 0 Å². The van der Waals surface area contributed by atoms with Crippen molar-refractivity contribution in [1.29, 1.82) is 0 Å². The van der Waals surface area contributed by atoms with Crippen LogP contribution >= 0.6 is 0 Å². The van der Waals surface area contributed by atoms with Gasteiger partial charge in [-0.25, -0.2) is 4.79 Å². The third kappa shape index (κ3) is 3.85. The lowest BCUT2D eigenvalue weighted by molar-refractivity contribution is 0.0242. The molecule has 0 radical (unpaired) electrons. The van der Waals surface area contributed by atoms with Crippen molar-refractivity contribution in [2.45, 2.75) is 57.8 Å². The second kappa shape index (κ2) is 6.31. The SMILES string of the molecule is COC1CN(C(=O)OC(C)(C)C)CC1N1CCCCC1. The molecule has 0 spiro atoms. The fraction of sp³-hybridized carbons (Fsp3) is 0.933. The van der Waals surface area contributed by atoms with E-state index in [1.165, 1.54) is 19.3 Å². The highest BCUT2D eigenvalue weighted by molar-refractivity contribution is 5.68. The maximum Gasteiger partial charge on any atom is 0.410 e. The number of rotatable bonds is 2. The average Bonchev–Trinajstić information content (AvgIpc) is 2.82. The molecule has 2 aliphatic rings. The van der Waals surface area contributed by atoms with E-state index in [0.717, 1.165) is 13.1 Å². The molecule has 0 aliphatic carbocycles. The number of hydrogen-bond donors (Lipinski definition) is 0. The average molecular weight is 284 g/mol. The molecule has 0 aromatic rings. The van der Waals surface area contributed by atoms with Gasteiger partial charge < -0.3 is 14.4 Å². The van der Waals surface area contributed by atoms with Gasteiger partial charge in [-0.05, 0) is 46.7 Å². The quantitative estimate of drug-likeness (QED) is 0.779. The number of carbonyl (C=O) groups excluding carboxylic acids is 1. The first-order valence-electron chi connectivity index (χ1n) is 7.65. The molecule has 2 saturated heterocycles. The highest BCUT2D eigenvalue weighted by atomic mass is 16.6. The Hall–Kier alpha value is -0.810. The molecule has 2 aliphatic heterocycles. The number of nitrogens with zero attached hydrogens (tertiary/aromatic N) is 2. The molecule has 2 fully saturated rings. The molecule has 5 heteroatoms. The third-order valence-electron chi connectivity index (χ3n) is 4.05. The molecule has 0 saturated carbocycles. The van der Waals surface area contributed by atoms with Crippen LogP contribution in [0.1, 0.15) is 40.0 Å². The van der Waals surface area contributed by atoms with E-state index in [2.05, 4.69) is 4.90 Å². The Morgan fingerprint density at radius 2 is 1.75 bits per heavy atom. The predicted molar refractivity (Wildman–Crippen MR) is 77.8 cm³/mol. The van der Waals surface area contributed by atoms with E-state index < -0.39 is 5.60 Å². The molecule has 0 N–H and O–H groups in total. The van der Waals surface area contributed by atoms with E-state index in [-0.39, 0.29) is 12.2 Å². The van der Waals surface area contributed by atoms with Gasteiger partial charge in [-0.2, -0.15) is 0 Å². The van der Waals surface area contributed by atoms with E-state index in [4.69, 9.17) is 9.47 Å². The van der Waals surface area contributed by atoms with Gasteiger partial charge in [0, 0.05) is 13.7 Å². The van der Waals surface area contributed by atoms with Gasteiger partial charge in [-0.1, -0.05) is 6.42 Å². The van der Waals surface area contributed by atoms with Crippen LogP contribution in [0.15, 0.2) is 0 Å². The minimum Gasteiger partial charge on any atom is -0.444 e. The predicted octanol–water partition coefficient (Wildman–Crippen LogP) is 2.11. The summed E-state index contributed by atoms with van der Waals surface area (Å²) in [5.74, 6) is 0. The lowest BCUT2D eigenvalue weighted by Gasteiger charge is -2.34. The summed E-state index contributed by atoms with van der Waals surface area (Å²) in [5.41, 5.74) is -0.442. The summed E-state index contributed by atoms with van der Waals surface area (Å²) >= 11 is 0. The first kappa shape index (κ1) is 15.6.